The molecule has 0 aliphatic carbocycles. The summed E-state index contributed by atoms with van der Waals surface area (Å²) >= 11 is 0. The lowest BCUT2D eigenvalue weighted by Crippen LogP contribution is -2.41. The lowest BCUT2D eigenvalue weighted by atomic mass is 9.77. The number of nitrogens with one attached hydrogen (secondary N) is 2. The van der Waals surface area contributed by atoms with E-state index in [0.717, 1.165) is 21.9 Å². The molecule has 132 valence electrons. The molecule has 0 bridgehead atoms. The van der Waals surface area contributed by atoms with Gasteiger partial charge in [-0.05, 0) is 38.7 Å². The first kappa shape index (κ1) is 17.7. The van der Waals surface area contributed by atoms with Gasteiger partial charge in [0.25, 0.3) is 0 Å². The Morgan fingerprint density at radius 3 is 2.60 bits per heavy atom. The Labute approximate surface area is 148 Å². The summed E-state index contributed by atoms with van der Waals surface area (Å²) in [5.74, 6) is -0.0952. The van der Waals surface area contributed by atoms with Crippen molar-refractivity contribution in [1.29, 1.82) is 0 Å². The number of nitrogens with zero attached hydrogens (tertiary/aromatic N) is 1. The predicted molar refractivity (Wildman–Crippen MR) is 98.8 cm³/mol. The molecular weight excluding hydrogens is 317 g/mol. The zero-order valence-corrected chi connectivity index (χ0v) is 15.3. The van der Waals surface area contributed by atoms with Gasteiger partial charge in [-0.2, -0.15) is 5.10 Å². The average molecular weight is 341 g/mol. The Balaban J connectivity index is 1.98. The summed E-state index contributed by atoms with van der Waals surface area (Å²) in [4.78, 5) is 11.4. The normalized spacial score (nSPS) is 19.4. The van der Waals surface area contributed by atoms with Crippen LogP contribution in [0.5, 0.6) is 0 Å². The van der Waals surface area contributed by atoms with E-state index < -0.39 is 18.3 Å². The van der Waals surface area contributed by atoms with Crippen LogP contribution in [0, 0.1) is 0 Å². The highest BCUT2D eigenvalue weighted by Gasteiger charge is 2.52. The molecule has 2 N–H and O–H groups in total. The van der Waals surface area contributed by atoms with Crippen LogP contribution in [0.1, 0.15) is 40.2 Å². The molecule has 1 saturated heterocycles. The van der Waals surface area contributed by atoms with Crippen molar-refractivity contribution in [3.8, 4) is 0 Å². The molecule has 1 aromatic heterocycles. The van der Waals surface area contributed by atoms with Crippen molar-refractivity contribution >= 4 is 30.0 Å². The molecule has 1 aromatic carbocycles. The summed E-state index contributed by atoms with van der Waals surface area (Å²) in [6.45, 7) is 9.91. The van der Waals surface area contributed by atoms with Crippen LogP contribution in [0.4, 0.5) is 0 Å². The first-order chi connectivity index (χ1) is 11.7. The molecule has 3 rings (SSSR count). The van der Waals surface area contributed by atoms with Gasteiger partial charge in [0.05, 0.1) is 22.9 Å². The van der Waals surface area contributed by atoms with E-state index in [2.05, 4.69) is 15.5 Å². The number of amides is 1. The molecule has 0 unspecified atom stereocenters. The van der Waals surface area contributed by atoms with Crippen molar-refractivity contribution in [2.24, 2.45) is 0 Å². The third-order valence-electron chi connectivity index (χ3n) is 4.95. The third kappa shape index (κ3) is 3.48. The Bertz CT molecular complexity index is 810. The third-order valence-corrected chi connectivity index (χ3v) is 4.95. The average Bonchev–Trinajstić information content (AvgIpc) is 3.06. The Kier molecular flexibility index (Phi) is 4.47. The molecule has 2 aromatic rings. The molecule has 1 aliphatic rings. The minimum absolute atomic E-state index is 0.0952. The van der Waals surface area contributed by atoms with Gasteiger partial charge in [0.15, 0.2) is 0 Å². The minimum atomic E-state index is -0.518. The van der Waals surface area contributed by atoms with Crippen molar-refractivity contribution < 1.29 is 14.1 Å². The van der Waals surface area contributed by atoms with E-state index in [1.165, 1.54) is 6.92 Å². The van der Waals surface area contributed by atoms with Gasteiger partial charge in [-0.15, -0.1) is 0 Å². The summed E-state index contributed by atoms with van der Waals surface area (Å²) in [7, 11) is -0.518. The van der Waals surface area contributed by atoms with Gasteiger partial charge in [-0.1, -0.05) is 24.3 Å². The zero-order chi connectivity index (χ0) is 18.2. The number of H-pyrrole nitrogens is 1. The summed E-state index contributed by atoms with van der Waals surface area (Å²) in [5, 5.41) is 11.0. The van der Waals surface area contributed by atoms with Crippen LogP contribution in [-0.2, 0) is 14.1 Å². The second-order valence-corrected chi connectivity index (χ2v) is 7.40. The molecule has 1 aliphatic heterocycles. The zero-order valence-electron chi connectivity index (χ0n) is 15.3. The smallest absolute Gasteiger partial charge is 0.400 e. The SMILES string of the molecule is CC(=O)NCC(=Cc1cccc2cn[nH]c12)B1OC(C)(C)C(C)(C)O1. The predicted octanol–water partition coefficient (Wildman–Crippen LogP) is 2.71. The van der Waals surface area contributed by atoms with E-state index in [4.69, 9.17) is 9.31 Å². The molecule has 0 atom stereocenters. The molecule has 0 saturated carbocycles. The van der Waals surface area contributed by atoms with Crippen LogP contribution < -0.4 is 5.32 Å². The fourth-order valence-electron chi connectivity index (χ4n) is 2.74. The molecule has 7 heteroatoms. The van der Waals surface area contributed by atoms with Crippen LogP contribution >= 0.6 is 0 Å². The van der Waals surface area contributed by atoms with Crippen LogP contribution in [0.3, 0.4) is 0 Å². The van der Waals surface area contributed by atoms with Gasteiger partial charge in [0.2, 0.25) is 5.91 Å². The molecule has 0 radical (unpaired) electrons. The lowest BCUT2D eigenvalue weighted by molar-refractivity contribution is -0.118. The summed E-state index contributed by atoms with van der Waals surface area (Å²) in [6, 6.07) is 5.97. The number of hydrogen-bond acceptors (Lipinski definition) is 4. The van der Waals surface area contributed by atoms with Crippen LogP contribution in [0.25, 0.3) is 17.0 Å². The summed E-state index contributed by atoms with van der Waals surface area (Å²) in [6.07, 6.45) is 3.79. The molecule has 1 amide bonds. The maximum Gasteiger partial charge on any atom is 0.492 e. The van der Waals surface area contributed by atoms with Gasteiger partial charge in [0.1, 0.15) is 0 Å². The van der Waals surface area contributed by atoms with Crippen molar-refractivity contribution in [1.82, 2.24) is 15.5 Å². The van der Waals surface area contributed by atoms with Crippen LogP contribution in [-0.4, -0.2) is 41.0 Å². The minimum Gasteiger partial charge on any atom is -0.400 e. The van der Waals surface area contributed by atoms with Gasteiger partial charge in [-0.3, -0.25) is 9.89 Å². The second kappa shape index (κ2) is 6.31. The van der Waals surface area contributed by atoms with Gasteiger partial charge >= 0.3 is 7.12 Å². The molecule has 0 spiro atoms. The van der Waals surface area contributed by atoms with Crippen molar-refractivity contribution in [3.63, 3.8) is 0 Å². The second-order valence-electron chi connectivity index (χ2n) is 7.40. The number of rotatable bonds is 4. The van der Waals surface area contributed by atoms with E-state index in [9.17, 15) is 4.79 Å². The fraction of sp³-hybridized carbons (Fsp3) is 0.444. The number of fused-ring (bicyclic) bond motifs is 1. The number of para-hydroxylation sites is 1. The van der Waals surface area contributed by atoms with Gasteiger partial charge in [-0.25, -0.2) is 0 Å². The van der Waals surface area contributed by atoms with E-state index >= 15 is 0 Å². The molecule has 2 heterocycles. The quantitative estimate of drug-likeness (QED) is 0.839. The van der Waals surface area contributed by atoms with Crippen molar-refractivity contribution in [2.45, 2.75) is 45.8 Å². The number of aromatic amines is 1. The number of carbonyl (C=O) groups is 1. The highest BCUT2D eigenvalue weighted by atomic mass is 16.7. The highest BCUT2D eigenvalue weighted by Crippen LogP contribution is 2.38. The molecule has 1 fully saturated rings. The van der Waals surface area contributed by atoms with Crippen LogP contribution in [0.15, 0.2) is 29.9 Å². The van der Waals surface area contributed by atoms with E-state index in [-0.39, 0.29) is 5.91 Å². The maximum absolute atomic E-state index is 11.4. The number of benzene rings is 1. The number of carbonyl (C=O) groups excluding carboxylic acids is 1. The standard InChI is InChI=1S/C18H24BN3O3/c1-12(23)20-11-15(19-24-17(2,3)18(4,5)25-19)9-13-7-6-8-14-10-21-22-16(13)14/h6-10H,11H2,1-5H3,(H,20,23)(H,21,22). The highest BCUT2D eigenvalue weighted by molar-refractivity contribution is 6.56. The van der Waals surface area contributed by atoms with Crippen molar-refractivity contribution in [3.05, 3.63) is 35.4 Å². The van der Waals surface area contributed by atoms with Crippen molar-refractivity contribution in [2.75, 3.05) is 6.54 Å². The largest absolute Gasteiger partial charge is 0.492 e. The molecule has 6 nitrogen and oxygen atoms in total. The van der Waals surface area contributed by atoms with Gasteiger partial charge in [0, 0.05) is 18.9 Å². The van der Waals surface area contributed by atoms with E-state index in [1.54, 1.807) is 6.20 Å². The van der Waals surface area contributed by atoms with Gasteiger partial charge < -0.3 is 14.6 Å². The Hall–Kier alpha value is -2.12. The topological polar surface area (TPSA) is 76.2 Å². The summed E-state index contributed by atoms with van der Waals surface area (Å²) < 4.78 is 12.3. The maximum atomic E-state index is 11.4. The molecule has 25 heavy (non-hydrogen) atoms. The van der Waals surface area contributed by atoms with E-state index in [1.807, 2.05) is 52.0 Å². The number of hydrogen-bond donors (Lipinski definition) is 2. The van der Waals surface area contributed by atoms with E-state index in [0.29, 0.717) is 6.54 Å². The first-order valence-corrected chi connectivity index (χ1v) is 8.42. The lowest BCUT2D eigenvalue weighted by Gasteiger charge is -2.32. The first-order valence-electron chi connectivity index (χ1n) is 8.42. The Morgan fingerprint density at radius 2 is 1.96 bits per heavy atom. The van der Waals surface area contributed by atoms with Crippen LogP contribution in [0.2, 0.25) is 0 Å². The summed E-state index contributed by atoms with van der Waals surface area (Å²) in [5.41, 5.74) is 1.90. The number of aromatic nitrogens is 2. The monoisotopic (exact) mass is 341 g/mol. The Morgan fingerprint density at radius 1 is 1.28 bits per heavy atom. The fourth-order valence-corrected chi connectivity index (χ4v) is 2.74. The molecular formula is C18H24BN3O3.